The zero-order valence-corrected chi connectivity index (χ0v) is 13.3. The summed E-state index contributed by atoms with van der Waals surface area (Å²) in [4.78, 5) is 2.52. The van der Waals surface area contributed by atoms with E-state index in [4.69, 9.17) is 5.26 Å². The summed E-state index contributed by atoms with van der Waals surface area (Å²) in [7, 11) is -1.42. The van der Waals surface area contributed by atoms with Crippen molar-refractivity contribution >= 4 is 10.0 Å². The van der Waals surface area contributed by atoms with Gasteiger partial charge in [0.15, 0.2) is 0 Å². The molecule has 0 amide bonds. The van der Waals surface area contributed by atoms with Crippen LogP contribution >= 0.6 is 0 Å². The summed E-state index contributed by atoms with van der Waals surface area (Å²) in [6.45, 7) is 4.23. The molecule has 1 fully saturated rings. The maximum Gasteiger partial charge on any atom is 0.240 e. The largest absolute Gasteiger partial charge is 0.306 e. The smallest absolute Gasteiger partial charge is 0.240 e. The number of benzene rings is 1. The maximum absolute atomic E-state index is 12.4. The molecule has 114 valence electrons. The minimum atomic E-state index is -3.50. The molecule has 0 bridgehead atoms. The molecule has 0 aliphatic carbocycles. The molecule has 1 heterocycles. The molecule has 1 aliphatic rings. The summed E-state index contributed by atoms with van der Waals surface area (Å²) in [6, 6.07) is 6.66. The van der Waals surface area contributed by atoms with Gasteiger partial charge in [0.2, 0.25) is 10.0 Å². The van der Waals surface area contributed by atoms with Crippen molar-refractivity contribution in [2.45, 2.75) is 24.7 Å². The van der Waals surface area contributed by atoms with Gasteiger partial charge >= 0.3 is 0 Å². The Morgan fingerprint density at radius 3 is 2.62 bits per heavy atom. The highest BCUT2D eigenvalue weighted by Gasteiger charge is 2.21. The highest BCUT2D eigenvalue weighted by molar-refractivity contribution is 7.89. The average Bonchev–Trinajstić information content (AvgIpc) is 2.46. The fourth-order valence-corrected chi connectivity index (χ4v) is 3.93. The van der Waals surface area contributed by atoms with Gasteiger partial charge in [-0.25, -0.2) is 13.1 Å². The van der Waals surface area contributed by atoms with Crippen LogP contribution in [-0.2, 0) is 10.0 Å². The van der Waals surface area contributed by atoms with Gasteiger partial charge in [-0.2, -0.15) is 5.26 Å². The third-order valence-electron chi connectivity index (χ3n) is 3.99. The van der Waals surface area contributed by atoms with Crippen LogP contribution < -0.4 is 4.72 Å². The Balaban J connectivity index is 2.03. The summed E-state index contributed by atoms with van der Waals surface area (Å²) in [6.07, 6.45) is 2.04. The highest BCUT2D eigenvalue weighted by Crippen LogP contribution is 2.19. The Morgan fingerprint density at radius 2 is 2.05 bits per heavy atom. The van der Waals surface area contributed by atoms with Gasteiger partial charge < -0.3 is 4.90 Å². The van der Waals surface area contributed by atoms with Crippen molar-refractivity contribution in [3.63, 3.8) is 0 Å². The Bertz CT molecular complexity index is 641. The maximum atomic E-state index is 12.4. The molecule has 1 N–H and O–H groups in total. The van der Waals surface area contributed by atoms with Crippen molar-refractivity contribution in [1.29, 1.82) is 5.26 Å². The lowest BCUT2D eigenvalue weighted by atomic mass is 9.98. The molecule has 0 atom stereocenters. The standard InChI is InChI=1S/C15H21N3O2S/c1-12-9-14(10-16)3-4-15(12)21(19,20)17-11-13-5-7-18(2)8-6-13/h3-4,9,13,17H,5-8,11H2,1-2H3. The summed E-state index contributed by atoms with van der Waals surface area (Å²) in [5.74, 6) is 0.398. The number of piperidine rings is 1. The zero-order valence-electron chi connectivity index (χ0n) is 12.5. The molecule has 1 aliphatic heterocycles. The Morgan fingerprint density at radius 1 is 1.38 bits per heavy atom. The molecule has 0 radical (unpaired) electrons. The van der Waals surface area contributed by atoms with Crippen molar-refractivity contribution < 1.29 is 8.42 Å². The average molecular weight is 307 g/mol. The van der Waals surface area contributed by atoms with Gasteiger partial charge in [-0.05, 0) is 69.6 Å². The normalized spacial score (nSPS) is 17.6. The summed E-state index contributed by atoms with van der Waals surface area (Å²) >= 11 is 0. The summed E-state index contributed by atoms with van der Waals surface area (Å²) in [5.41, 5.74) is 1.08. The minimum Gasteiger partial charge on any atom is -0.306 e. The molecule has 6 heteroatoms. The van der Waals surface area contributed by atoms with Crippen LogP contribution in [0.1, 0.15) is 24.0 Å². The molecular formula is C15H21N3O2S. The second kappa shape index (κ2) is 6.56. The fraction of sp³-hybridized carbons (Fsp3) is 0.533. The number of nitrogens with zero attached hydrogens (tertiary/aromatic N) is 2. The number of likely N-dealkylation sites (tertiary alicyclic amines) is 1. The lowest BCUT2D eigenvalue weighted by Gasteiger charge is -2.28. The molecule has 1 aromatic carbocycles. The van der Waals surface area contributed by atoms with E-state index in [0.29, 0.717) is 23.6 Å². The number of sulfonamides is 1. The molecular weight excluding hydrogens is 286 g/mol. The van der Waals surface area contributed by atoms with Crippen LogP contribution in [0.4, 0.5) is 0 Å². The predicted molar refractivity (Wildman–Crippen MR) is 81.3 cm³/mol. The van der Waals surface area contributed by atoms with Crippen LogP contribution in [0.25, 0.3) is 0 Å². The van der Waals surface area contributed by atoms with E-state index in [1.165, 1.54) is 12.1 Å². The second-order valence-corrected chi connectivity index (χ2v) is 7.43. The lowest BCUT2D eigenvalue weighted by Crippen LogP contribution is -2.37. The Labute approximate surface area is 126 Å². The Kier molecular flexibility index (Phi) is 4.99. The first kappa shape index (κ1) is 16.0. The van der Waals surface area contributed by atoms with E-state index < -0.39 is 10.0 Å². The molecule has 0 saturated carbocycles. The van der Waals surface area contributed by atoms with E-state index in [1.807, 2.05) is 6.07 Å². The van der Waals surface area contributed by atoms with Crippen molar-refractivity contribution in [3.05, 3.63) is 29.3 Å². The van der Waals surface area contributed by atoms with Gasteiger partial charge in [0.1, 0.15) is 0 Å². The number of hydrogen-bond donors (Lipinski definition) is 1. The lowest BCUT2D eigenvalue weighted by molar-refractivity contribution is 0.220. The van der Waals surface area contributed by atoms with Crippen LogP contribution in [0.2, 0.25) is 0 Å². The van der Waals surface area contributed by atoms with Crippen molar-refractivity contribution in [2.75, 3.05) is 26.7 Å². The SMILES string of the molecule is Cc1cc(C#N)ccc1S(=O)(=O)NCC1CCN(C)CC1. The number of nitrogens with one attached hydrogen (secondary N) is 1. The third kappa shape index (κ3) is 4.03. The first-order chi connectivity index (χ1) is 9.92. The van der Waals surface area contributed by atoms with Crippen LogP contribution in [0.3, 0.4) is 0 Å². The molecule has 2 rings (SSSR count). The molecule has 0 aromatic heterocycles. The minimum absolute atomic E-state index is 0.259. The summed E-state index contributed by atoms with van der Waals surface area (Å²) in [5, 5.41) is 8.83. The second-order valence-electron chi connectivity index (χ2n) is 5.69. The van der Waals surface area contributed by atoms with E-state index in [2.05, 4.69) is 16.7 Å². The molecule has 5 nitrogen and oxygen atoms in total. The van der Waals surface area contributed by atoms with E-state index >= 15 is 0 Å². The zero-order chi connectivity index (χ0) is 15.5. The van der Waals surface area contributed by atoms with E-state index in [1.54, 1.807) is 13.0 Å². The quantitative estimate of drug-likeness (QED) is 0.914. The van der Waals surface area contributed by atoms with Gasteiger partial charge in [0.05, 0.1) is 16.5 Å². The number of aryl methyl sites for hydroxylation is 1. The van der Waals surface area contributed by atoms with Crippen LogP contribution in [0, 0.1) is 24.2 Å². The third-order valence-corrected chi connectivity index (χ3v) is 5.58. The van der Waals surface area contributed by atoms with Crippen LogP contribution in [0.5, 0.6) is 0 Å². The van der Waals surface area contributed by atoms with Gasteiger partial charge in [0.25, 0.3) is 0 Å². The Hall–Kier alpha value is -1.42. The number of hydrogen-bond acceptors (Lipinski definition) is 4. The highest BCUT2D eigenvalue weighted by atomic mass is 32.2. The van der Waals surface area contributed by atoms with Crippen molar-refractivity contribution in [2.24, 2.45) is 5.92 Å². The number of nitriles is 1. The van der Waals surface area contributed by atoms with Crippen molar-refractivity contribution in [3.8, 4) is 6.07 Å². The van der Waals surface area contributed by atoms with Crippen LogP contribution in [0.15, 0.2) is 23.1 Å². The fourth-order valence-electron chi connectivity index (χ4n) is 2.59. The van der Waals surface area contributed by atoms with E-state index in [-0.39, 0.29) is 4.90 Å². The van der Waals surface area contributed by atoms with Gasteiger partial charge in [-0.15, -0.1) is 0 Å². The molecule has 1 saturated heterocycles. The van der Waals surface area contributed by atoms with Gasteiger partial charge in [-0.3, -0.25) is 0 Å². The van der Waals surface area contributed by atoms with E-state index in [9.17, 15) is 8.42 Å². The molecule has 0 unspecified atom stereocenters. The predicted octanol–water partition coefficient (Wildman–Crippen LogP) is 1.49. The topological polar surface area (TPSA) is 73.2 Å². The molecule has 0 spiro atoms. The van der Waals surface area contributed by atoms with Crippen LogP contribution in [-0.4, -0.2) is 40.0 Å². The summed E-state index contributed by atoms with van der Waals surface area (Å²) < 4.78 is 27.4. The first-order valence-electron chi connectivity index (χ1n) is 7.11. The first-order valence-corrected chi connectivity index (χ1v) is 8.59. The molecule has 21 heavy (non-hydrogen) atoms. The van der Waals surface area contributed by atoms with Crippen molar-refractivity contribution in [1.82, 2.24) is 9.62 Å². The van der Waals surface area contributed by atoms with Gasteiger partial charge in [0, 0.05) is 6.54 Å². The monoisotopic (exact) mass is 307 g/mol. The number of rotatable bonds is 4. The molecule has 1 aromatic rings. The van der Waals surface area contributed by atoms with E-state index in [0.717, 1.165) is 25.9 Å². The van der Waals surface area contributed by atoms with Gasteiger partial charge in [-0.1, -0.05) is 0 Å².